The van der Waals surface area contributed by atoms with E-state index < -0.39 is 0 Å². The second kappa shape index (κ2) is 12.5. The van der Waals surface area contributed by atoms with Gasteiger partial charge in [-0.3, -0.25) is 15.0 Å². The molecule has 130 valence electrons. The topological polar surface area (TPSA) is 49.4 Å². The van der Waals surface area contributed by atoms with Gasteiger partial charge in [0.25, 0.3) is 0 Å². The molecule has 25 heavy (non-hydrogen) atoms. The van der Waals surface area contributed by atoms with Crippen molar-refractivity contribution < 1.29 is 0 Å². The highest BCUT2D eigenvalue weighted by Crippen LogP contribution is 2.10. The van der Waals surface area contributed by atoms with Crippen LogP contribution in [0.25, 0.3) is 0 Å². The van der Waals surface area contributed by atoms with Gasteiger partial charge in [0.15, 0.2) is 5.84 Å². The third kappa shape index (κ3) is 7.48. The Hall–Kier alpha value is -2.88. The summed E-state index contributed by atoms with van der Waals surface area (Å²) in [6.07, 6.45) is 3.43. The third-order valence-electron chi connectivity index (χ3n) is 2.87. The van der Waals surface area contributed by atoms with E-state index in [0.717, 1.165) is 17.1 Å². The minimum Gasteiger partial charge on any atom is -0.259 e. The Balaban J connectivity index is 0.000000730. The van der Waals surface area contributed by atoms with Gasteiger partial charge >= 0.3 is 0 Å². The van der Waals surface area contributed by atoms with Crippen molar-refractivity contribution >= 4 is 35.4 Å². The van der Waals surface area contributed by atoms with Crippen molar-refractivity contribution in [2.24, 2.45) is 20.0 Å². The number of nitrogens with zero attached hydrogens (tertiary/aromatic N) is 4. The van der Waals surface area contributed by atoms with Gasteiger partial charge in [-0.1, -0.05) is 64.1 Å². The molecule has 0 fully saturated rings. The maximum absolute atomic E-state index is 4.39. The van der Waals surface area contributed by atoms with Gasteiger partial charge < -0.3 is 0 Å². The van der Waals surface area contributed by atoms with Gasteiger partial charge in [0.05, 0.1) is 36.1 Å². The molecule has 4 heteroatoms. The first-order valence-corrected chi connectivity index (χ1v) is 8.70. The quantitative estimate of drug-likeness (QED) is 0.644. The molecule has 0 bridgehead atoms. The van der Waals surface area contributed by atoms with Crippen LogP contribution in [-0.2, 0) is 0 Å². The van der Waals surface area contributed by atoms with Gasteiger partial charge in [-0.25, -0.2) is 4.99 Å². The summed E-state index contributed by atoms with van der Waals surface area (Å²) < 4.78 is 0. The van der Waals surface area contributed by atoms with Crippen molar-refractivity contribution in [1.82, 2.24) is 0 Å². The van der Waals surface area contributed by atoms with Crippen molar-refractivity contribution in [3.05, 3.63) is 60.7 Å². The van der Waals surface area contributed by atoms with Crippen LogP contribution >= 0.6 is 0 Å². The van der Waals surface area contributed by atoms with Crippen LogP contribution in [0, 0.1) is 0 Å². The smallest absolute Gasteiger partial charge is 0.166 e. The molecule has 4 nitrogen and oxygen atoms in total. The Labute approximate surface area is 150 Å². The van der Waals surface area contributed by atoms with Gasteiger partial charge in [-0.05, 0) is 24.3 Å². The first-order chi connectivity index (χ1) is 12.4. The fraction of sp³-hybridized carbons (Fsp3) is 0.238. The Morgan fingerprint density at radius 1 is 0.720 bits per heavy atom. The minimum atomic E-state index is 0.548. The molecule has 2 aromatic carbocycles. The predicted octanol–water partition coefficient (Wildman–Crippen LogP) is 5.70. The molecule has 0 aliphatic carbocycles. The Bertz CT molecular complexity index is 714. The van der Waals surface area contributed by atoms with E-state index in [2.05, 4.69) is 20.0 Å². The molecule has 0 amide bonds. The second-order valence-corrected chi connectivity index (χ2v) is 4.47. The first kappa shape index (κ1) is 20.2. The number of benzene rings is 2. The zero-order valence-corrected chi connectivity index (χ0v) is 15.4. The molecular weight excluding hydrogens is 308 g/mol. The van der Waals surface area contributed by atoms with E-state index in [0.29, 0.717) is 12.4 Å². The molecule has 0 N–H and O–H groups in total. The summed E-state index contributed by atoms with van der Waals surface area (Å²) in [4.78, 5) is 17.4. The predicted molar refractivity (Wildman–Crippen MR) is 112 cm³/mol. The molecule has 0 saturated carbocycles. The zero-order chi connectivity index (χ0) is 18.3. The van der Waals surface area contributed by atoms with E-state index in [4.69, 9.17) is 0 Å². The summed E-state index contributed by atoms with van der Waals surface area (Å²) >= 11 is 0. The van der Waals surface area contributed by atoms with Gasteiger partial charge in [-0.2, -0.15) is 0 Å². The van der Waals surface area contributed by atoms with Gasteiger partial charge in [0.1, 0.15) is 0 Å². The zero-order valence-electron chi connectivity index (χ0n) is 15.4. The maximum atomic E-state index is 4.39. The minimum absolute atomic E-state index is 0.548. The summed E-state index contributed by atoms with van der Waals surface area (Å²) in [5.41, 5.74) is 2.64. The van der Waals surface area contributed by atoms with Crippen molar-refractivity contribution in [1.29, 1.82) is 0 Å². The van der Waals surface area contributed by atoms with Gasteiger partial charge in [0, 0.05) is 0 Å². The van der Waals surface area contributed by atoms with E-state index in [1.165, 1.54) is 0 Å². The van der Waals surface area contributed by atoms with Crippen LogP contribution in [0.2, 0.25) is 0 Å². The van der Waals surface area contributed by atoms with Crippen LogP contribution in [0.4, 0.5) is 11.4 Å². The highest BCUT2D eigenvalue weighted by atomic mass is 15.0. The van der Waals surface area contributed by atoms with Crippen molar-refractivity contribution in [2.45, 2.75) is 27.7 Å². The van der Waals surface area contributed by atoms with Crippen LogP contribution in [0.5, 0.6) is 0 Å². The molecular formula is C21H26N4. The molecule has 0 saturated heterocycles. The van der Waals surface area contributed by atoms with Crippen LogP contribution in [-0.4, -0.2) is 30.5 Å². The average molecular weight is 334 g/mol. The largest absolute Gasteiger partial charge is 0.259 e. The van der Waals surface area contributed by atoms with Crippen molar-refractivity contribution in [3.63, 3.8) is 0 Å². The molecule has 0 unspecified atom stereocenters. The molecule has 0 spiro atoms. The second-order valence-electron chi connectivity index (χ2n) is 4.47. The number of hydrogen-bond acceptors (Lipinski definition) is 4. The fourth-order valence-corrected chi connectivity index (χ4v) is 1.83. The molecule has 2 aromatic rings. The number of aliphatic imine (C=N–C) groups is 4. The summed E-state index contributed by atoms with van der Waals surface area (Å²) in [6.45, 7) is 8.55. The molecule has 1 heterocycles. The molecule has 0 aromatic heterocycles. The lowest BCUT2D eigenvalue weighted by atomic mass is 10.3. The Kier molecular flexibility index (Phi) is 10.1. The molecule has 0 atom stereocenters. The monoisotopic (exact) mass is 334 g/mol. The lowest BCUT2D eigenvalue weighted by molar-refractivity contribution is 1.36. The first-order valence-electron chi connectivity index (χ1n) is 8.70. The maximum Gasteiger partial charge on any atom is 0.166 e. The lowest BCUT2D eigenvalue weighted by Crippen LogP contribution is -2.00. The number of hydrogen-bond donors (Lipinski definition) is 0. The number of rotatable bonds is 4. The van der Waals surface area contributed by atoms with Crippen LogP contribution in [0.3, 0.4) is 0 Å². The van der Waals surface area contributed by atoms with Crippen LogP contribution < -0.4 is 0 Å². The fourth-order valence-electron chi connectivity index (χ4n) is 1.83. The van der Waals surface area contributed by atoms with Gasteiger partial charge in [0.2, 0.25) is 0 Å². The van der Waals surface area contributed by atoms with Crippen LogP contribution in [0.1, 0.15) is 27.7 Å². The lowest BCUT2D eigenvalue weighted by Gasteiger charge is -1.91. The van der Waals surface area contributed by atoms with Crippen molar-refractivity contribution in [3.8, 4) is 0 Å². The normalized spacial score (nSPS) is 12.8. The molecule has 1 aliphatic rings. The molecule has 3 rings (SSSR count). The van der Waals surface area contributed by atoms with E-state index in [1.807, 2.05) is 88.4 Å². The standard InChI is InChI=1S/C17H14N4.2C2H6/c1-3-7-14(8-4-1)18-11-16-12-20-17(21-16)13-19-15-9-5-2-6-10-15;2*1-2/h1-11,13H,12H2;2*1-2H3. The van der Waals surface area contributed by atoms with Crippen molar-refractivity contribution in [2.75, 3.05) is 6.54 Å². The summed E-state index contributed by atoms with van der Waals surface area (Å²) in [6, 6.07) is 19.5. The van der Waals surface area contributed by atoms with Crippen LogP contribution in [0.15, 0.2) is 80.6 Å². The third-order valence-corrected chi connectivity index (χ3v) is 2.87. The van der Waals surface area contributed by atoms with E-state index in [1.54, 1.807) is 12.4 Å². The van der Waals surface area contributed by atoms with E-state index in [9.17, 15) is 0 Å². The molecule has 0 radical (unpaired) electrons. The van der Waals surface area contributed by atoms with E-state index in [-0.39, 0.29) is 0 Å². The Morgan fingerprint density at radius 3 is 1.72 bits per heavy atom. The average Bonchev–Trinajstić information content (AvgIpc) is 3.17. The summed E-state index contributed by atoms with van der Waals surface area (Å²) in [7, 11) is 0. The SMILES string of the molecule is C(=Nc1ccccc1)C1=NC(C=Nc2ccccc2)=NC1.CC.CC. The molecule has 1 aliphatic heterocycles. The van der Waals surface area contributed by atoms with Gasteiger partial charge in [-0.15, -0.1) is 0 Å². The number of amidine groups is 1. The highest BCUT2D eigenvalue weighted by Gasteiger charge is 2.05. The summed E-state index contributed by atoms with van der Waals surface area (Å²) in [5.74, 6) is 0.633. The summed E-state index contributed by atoms with van der Waals surface area (Å²) in [5, 5.41) is 0. The number of para-hydroxylation sites is 2. The van der Waals surface area contributed by atoms with E-state index >= 15 is 0 Å². The Morgan fingerprint density at radius 2 is 1.20 bits per heavy atom. The highest BCUT2D eigenvalue weighted by molar-refractivity contribution is 6.43.